The van der Waals surface area contributed by atoms with Crippen LogP contribution in [0, 0.1) is 5.92 Å². The van der Waals surface area contributed by atoms with Gasteiger partial charge in [0.05, 0.1) is 0 Å². The lowest BCUT2D eigenvalue weighted by Gasteiger charge is -2.26. The summed E-state index contributed by atoms with van der Waals surface area (Å²) in [6, 6.07) is 0.519. The van der Waals surface area contributed by atoms with Crippen molar-refractivity contribution in [2.24, 2.45) is 11.8 Å². The highest BCUT2D eigenvalue weighted by Gasteiger charge is 2.21. The second kappa shape index (κ2) is 7.20. The van der Waals surface area contributed by atoms with E-state index in [1.807, 2.05) is 0 Å². The molecule has 0 bridgehead atoms. The molecule has 1 aliphatic rings. The van der Waals surface area contributed by atoms with Gasteiger partial charge in [-0.05, 0) is 45.8 Å². The lowest BCUT2D eigenvalue weighted by Crippen LogP contribution is -2.42. The smallest absolute Gasteiger partial charge is 0.0250 e. The molecule has 0 aromatic carbocycles. The average molecular weight is 213 g/mol. The topological polar surface area (TPSA) is 41.3 Å². The van der Waals surface area contributed by atoms with Gasteiger partial charge in [-0.2, -0.15) is 0 Å². The van der Waals surface area contributed by atoms with Gasteiger partial charge >= 0.3 is 0 Å². The van der Waals surface area contributed by atoms with E-state index in [1.54, 1.807) is 0 Å². The van der Waals surface area contributed by atoms with Crippen LogP contribution < -0.4 is 11.3 Å². The van der Waals surface area contributed by atoms with Gasteiger partial charge in [-0.3, -0.25) is 11.3 Å². The van der Waals surface area contributed by atoms with Gasteiger partial charge in [0.25, 0.3) is 0 Å². The molecular formula is C12H27N3. The summed E-state index contributed by atoms with van der Waals surface area (Å²) in [6.07, 6.45) is 9.53. The molecule has 0 spiro atoms. The zero-order valence-corrected chi connectivity index (χ0v) is 10.3. The first-order chi connectivity index (χ1) is 7.24. The Kier molecular flexibility index (Phi) is 6.22. The van der Waals surface area contributed by atoms with E-state index in [1.165, 1.54) is 44.9 Å². The van der Waals surface area contributed by atoms with E-state index in [0.717, 1.165) is 12.5 Å². The van der Waals surface area contributed by atoms with Crippen LogP contribution in [-0.2, 0) is 0 Å². The van der Waals surface area contributed by atoms with Crippen molar-refractivity contribution in [1.29, 1.82) is 0 Å². The summed E-state index contributed by atoms with van der Waals surface area (Å²) in [6.45, 7) is 1.13. The molecule has 0 aliphatic heterocycles. The summed E-state index contributed by atoms with van der Waals surface area (Å²) in [5, 5.41) is 0. The molecule has 1 fully saturated rings. The maximum absolute atomic E-state index is 5.67. The Morgan fingerprint density at radius 2 is 1.80 bits per heavy atom. The molecule has 1 aliphatic carbocycles. The maximum Gasteiger partial charge on any atom is 0.0250 e. The summed E-state index contributed by atoms with van der Waals surface area (Å²) in [4.78, 5) is 2.24. The molecule has 0 amide bonds. The quantitative estimate of drug-likeness (QED) is 0.415. The third-order valence-corrected chi connectivity index (χ3v) is 3.57. The van der Waals surface area contributed by atoms with E-state index in [2.05, 4.69) is 24.4 Å². The predicted octanol–water partition coefficient (Wildman–Crippen LogP) is 1.74. The van der Waals surface area contributed by atoms with Gasteiger partial charge in [0.15, 0.2) is 0 Å². The predicted molar refractivity (Wildman–Crippen MR) is 65.5 cm³/mol. The van der Waals surface area contributed by atoms with Gasteiger partial charge in [-0.25, -0.2) is 0 Å². The fourth-order valence-corrected chi connectivity index (χ4v) is 2.57. The number of rotatable bonds is 5. The highest BCUT2D eigenvalue weighted by atomic mass is 15.2. The molecule has 0 radical (unpaired) electrons. The fourth-order valence-electron chi connectivity index (χ4n) is 2.57. The Morgan fingerprint density at radius 1 is 1.20 bits per heavy atom. The minimum absolute atomic E-state index is 0.519. The van der Waals surface area contributed by atoms with E-state index >= 15 is 0 Å². The first-order valence-electron chi connectivity index (χ1n) is 6.35. The van der Waals surface area contributed by atoms with Crippen LogP contribution in [0.3, 0.4) is 0 Å². The average Bonchev–Trinajstić information content (AvgIpc) is 2.47. The molecule has 90 valence electrons. The lowest BCUT2D eigenvalue weighted by molar-refractivity contribution is 0.275. The summed E-state index contributed by atoms with van der Waals surface area (Å²) in [5.41, 5.74) is 3.03. The van der Waals surface area contributed by atoms with E-state index < -0.39 is 0 Å². The molecule has 3 nitrogen and oxygen atoms in total. The van der Waals surface area contributed by atoms with Crippen molar-refractivity contribution >= 4 is 0 Å². The molecular weight excluding hydrogens is 186 g/mol. The van der Waals surface area contributed by atoms with Gasteiger partial charge in [0.2, 0.25) is 0 Å². The standard InChI is InChI=1S/C12H27N3/c1-15(2)10-9-12(14-13)11-7-5-3-4-6-8-11/h11-12,14H,3-10,13H2,1-2H3. The van der Waals surface area contributed by atoms with Gasteiger partial charge in [-0.15, -0.1) is 0 Å². The van der Waals surface area contributed by atoms with Crippen LogP contribution in [-0.4, -0.2) is 31.6 Å². The van der Waals surface area contributed by atoms with Gasteiger partial charge < -0.3 is 4.90 Å². The number of hydrogen-bond acceptors (Lipinski definition) is 3. The monoisotopic (exact) mass is 213 g/mol. The van der Waals surface area contributed by atoms with Crippen molar-refractivity contribution in [3.63, 3.8) is 0 Å². The Morgan fingerprint density at radius 3 is 2.27 bits per heavy atom. The number of hydrazine groups is 1. The SMILES string of the molecule is CN(C)CCC(NN)C1CCCCCC1. The van der Waals surface area contributed by atoms with Crippen LogP contribution >= 0.6 is 0 Å². The highest BCUT2D eigenvalue weighted by Crippen LogP contribution is 2.26. The number of hydrogen-bond donors (Lipinski definition) is 2. The van der Waals surface area contributed by atoms with Crippen molar-refractivity contribution in [2.75, 3.05) is 20.6 Å². The Balaban J connectivity index is 2.34. The summed E-state index contributed by atoms with van der Waals surface area (Å²) in [7, 11) is 4.25. The van der Waals surface area contributed by atoms with Crippen LogP contribution in [0.25, 0.3) is 0 Å². The van der Waals surface area contributed by atoms with Gasteiger partial charge in [-0.1, -0.05) is 25.7 Å². The molecule has 1 rings (SSSR count). The molecule has 1 saturated carbocycles. The van der Waals surface area contributed by atoms with E-state index in [4.69, 9.17) is 5.84 Å². The third kappa shape index (κ3) is 4.96. The molecule has 3 N–H and O–H groups in total. The van der Waals surface area contributed by atoms with Crippen LogP contribution in [0.15, 0.2) is 0 Å². The van der Waals surface area contributed by atoms with Gasteiger partial charge in [0, 0.05) is 6.04 Å². The normalized spacial score (nSPS) is 21.6. The first-order valence-corrected chi connectivity index (χ1v) is 6.35. The number of nitrogens with one attached hydrogen (secondary N) is 1. The molecule has 0 aromatic rings. The van der Waals surface area contributed by atoms with Crippen molar-refractivity contribution in [1.82, 2.24) is 10.3 Å². The van der Waals surface area contributed by atoms with Crippen LogP contribution in [0.2, 0.25) is 0 Å². The van der Waals surface area contributed by atoms with E-state index in [9.17, 15) is 0 Å². The maximum atomic E-state index is 5.67. The minimum Gasteiger partial charge on any atom is -0.309 e. The van der Waals surface area contributed by atoms with E-state index in [-0.39, 0.29) is 0 Å². The largest absolute Gasteiger partial charge is 0.309 e. The molecule has 0 saturated heterocycles. The number of nitrogens with zero attached hydrogens (tertiary/aromatic N) is 1. The van der Waals surface area contributed by atoms with Crippen molar-refractivity contribution in [3.05, 3.63) is 0 Å². The molecule has 15 heavy (non-hydrogen) atoms. The fraction of sp³-hybridized carbons (Fsp3) is 1.00. The van der Waals surface area contributed by atoms with Crippen LogP contribution in [0.5, 0.6) is 0 Å². The van der Waals surface area contributed by atoms with E-state index in [0.29, 0.717) is 6.04 Å². The van der Waals surface area contributed by atoms with Crippen LogP contribution in [0.1, 0.15) is 44.9 Å². The summed E-state index contributed by atoms with van der Waals surface area (Å²) >= 11 is 0. The lowest BCUT2D eigenvalue weighted by atomic mass is 9.90. The molecule has 0 heterocycles. The first kappa shape index (κ1) is 12.9. The van der Waals surface area contributed by atoms with Crippen molar-refractivity contribution in [2.45, 2.75) is 51.0 Å². The third-order valence-electron chi connectivity index (χ3n) is 3.57. The number of nitrogens with two attached hydrogens (primary N) is 1. The summed E-state index contributed by atoms with van der Waals surface area (Å²) < 4.78 is 0. The zero-order valence-electron chi connectivity index (χ0n) is 10.3. The van der Waals surface area contributed by atoms with Crippen molar-refractivity contribution < 1.29 is 0 Å². The second-order valence-electron chi connectivity index (χ2n) is 5.12. The van der Waals surface area contributed by atoms with Crippen LogP contribution in [0.4, 0.5) is 0 Å². The molecule has 1 unspecified atom stereocenters. The molecule has 1 atom stereocenters. The molecule has 3 heteroatoms. The minimum atomic E-state index is 0.519. The van der Waals surface area contributed by atoms with Crippen molar-refractivity contribution in [3.8, 4) is 0 Å². The second-order valence-corrected chi connectivity index (χ2v) is 5.12. The summed E-state index contributed by atoms with van der Waals surface area (Å²) in [5.74, 6) is 6.48. The molecule has 0 aromatic heterocycles. The Bertz CT molecular complexity index is 151. The van der Waals surface area contributed by atoms with Gasteiger partial charge in [0.1, 0.15) is 0 Å². The Hall–Kier alpha value is -0.120. The Labute approximate surface area is 94.4 Å². The zero-order chi connectivity index (χ0) is 11.1. The highest BCUT2D eigenvalue weighted by molar-refractivity contribution is 4.77.